The van der Waals surface area contributed by atoms with E-state index >= 15 is 0 Å². The highest BCUT2D eigenvalue weighted by molar-refractivity contribution is 5.52. The van der Waals surface area contributed by atoms with E-state index in [0.717, 1.165) is 0 Å². The molecule has 0 amide bonds. The van der Waals surface area contributed by atoms with Gasteiger partial charge in [-0.2, -0.15) is 0 Å². The molecule has 0 spiro atoms. The van der Waals surface area contributed by atoms with Crippen LogP contribution in [0.15, 0.2) is 24.3 Å². The molecule has 0 unspecified atom stereocenters. The molecule has 1 aromatic carbocycles. The van der Waals surface area contributed by atoms with Crippen LogP contribution >= 0.6 is 0 Å². The maximum atomic E-state index is 2.38. The second kappa shape index (κ2) is 2.73. The molecule has 2 rings (SSSR count). The van der Waals surface area contributed by atoms with Crippen LogP contribution in [0.3, 0.4) is 0 Å². The molecule has 0 atom stereocenters. The van der Waals surface area contributed by atoms with Gasteiger partial charge in [-0.3, -0.25) is 0 Å². The molecule has 0 fully saturated rings. The Hall–Kier alpha value is -1.04. The smallest absolute Gasteiger partial charge is 0.0128 e. The monoisotopic (exact) mass is 172 g/mol. The zero-order valence-electron chi connectivity index (χ0n) is 8.59. The van der Waals surface area contributed by atoms with Crippen LogP contribution in [-0.4, -0.2) is 0 Å². The summed E-state index contributed by atoms with van der Waals surface area (Å²) in [5, 5.41) is 2.83. The molecule has 0 N–H and O–H groups in total. The van der Waals surface area contributed by atoms with Gasteiger partial charge in [0.05, 0.1) is 0 Å². The second-order valence-electron chi connectivity index (χ2n) is 4.68. The summed E-state index contributed by atoms with van der Waals surface area (Å²) in [6, 6.07) is 8.66. The maximum Gasteiger partial charge on any atom is -0.0128 e. The van der Waals surface area contributed by atoms with Gasteiger partial charge in [0.15, 0.2) is 0 Å². The lowest BCUT2D eigenvalue weighted by Gasteiger charge is -2.24. The molecule has 0 nitrogen and oxygen atoms in total. The van der Waals surface area contributed by atoms with E-state index in [0.29, 0.717) is 5.41 Å². The molecule has 0 radical (unpaired) electrons. The minimum atomic E-state index is 0.332. The topological polar surface area (TPSA) is 0 Å². The maximum absolute atomic E-state index is 2.38. The van der Waals surface area contributed by atoms with Crippen molar-refractivity contribution in [1.82, 2.24) is 0 Å². The summed E-state index contributed by atoms with van der Waals surface area (Å²) in [6.45, 7) is 6.84. The van der Waals surface area contributed by atoms with E-state index in [1.807, 2.05) is 0 Å². The van der Waals surface area contributed by atoms with E-state index in [9.17, 15) is 0 Å². The van der Waals surface area contributed by atoms with Gasteiger partial charge in [0, 0.05) is 0 Å². The van der Waals surface area contributed by atoms with Crippen LogP contribution in [0.4, 0.5) is 0 Å². The third-order valence-corrected chi connectivity index (χ3v) is 2.69. The van der Waals surface area contributed by atoms with Crippen LogP contribution in [0, 0.1) is 5.41 Å². The Morgan fingerprint density at radius 1 is 1.15 bits per heavy atom. The molecule has 0 aromatic heterocycles. The molecule has 13 heavy (non-hydrogen) atoms. The Kier molecular flexibility index (Phi) is 1.80. The zero-order chi connectivity index (χ0) is 9.47. The molecule has 0 heterocycles. The summed E-state index contributed by atoms with van der Waals surface area (Å²) in [4.78, 5) is 0. The lowest BCUT2D eigenvalue weighted by atomic mass is 9.81. The molecule has 1 aliphatic carbocycles. The Bertz CT molecular complexity index is 435. The second-order valence-corrected chi connectivity index (χ2v) is 4.68. The summed E-state index contributed by atoms with van der Waals surface area (Å²) in [5.41, 5.74) is 1.85. The molecular formula is C13H16. The van der Waals surface area contributed by atoms with E-state index in [4.69, 9.17) is 0 Å². The van der Waals surface area contributed by atoms with Gasteiger partial charge >= 0.3 is 0 Å². The number of hydrogen-bond acceptors (Lipinski definition) is 0. The SMILES string of the molecule is CC1=c2ccccc2=CC(C)(C)C1. The first kappa shape index (κ1) is 8.55. The Balaban J connectivity index is 2.81. The third kappa shape index (κ3) is 1.53. The molecule has 0 aliphatic heterocycles. The van der Waals surface area contributed by atoms with E-state index in [1.165, 1.54) is 22.4 Å². The van der Waals surface area contributed by atoms with Gasteiger partial charge < -0.3 is 0 Å². The summed E-state index contributed by atoms with van der Waals surface area (Å²) in [5.74, 6) is 0. The fraction of sp³-hybridized carbons (Fsp3) is 0.385. The van der Waals surface area contributed by atoms with Crippen molar-refractivity contribution >= 4 is 11.6 Å². The summed E-state index contributed by atoms with van der Waals surface area (Å²) in [6.07, 6.45) is 3.57. The van der Waals surface area contributed by atoms with E-state index in [1.54, 1.807) is 0 Å². The predicted octanol–water partition coefficient (Wildman–Crippen LogP) is 2.07. The largest absolute Gasteiger partial charge is 0.0707 e. The average Bonchev–Trinajstić information content (AvgIpc) is 2.02. The highest BCUT2D eigenvalue weighted by atomic mass is 14.2. The van der Waals surface area contributed by atoms with Crippen LogP contribution in [-0.2, 0) is 0 Å². The van der Waals surface area contributed by atoms with Crippen LogP contribution in [0.2, 0.25) is 0 Å². The van der Waals surface area contributed by atoms with E-state index in [2.05, 4.69) is 51.1 Å². The number of hydrogen-bond donors (Lipinski definition) is 0. The molecular weight excluding hydrogens is 156 g/mol. The van der Waals surface area contributed by atoms with Gasteiger partial charge in [-0.1, -0.05) is 49.8 Å². The third-order valence-electron chi connectivity index (χ3n) is 2.69. The minimum absolute atomic E-state index is 0.332. The normalized spacial score (nSPS) is 19.2. The van der Waals surface area contributed by atoms with Gasteiger partial charge in [0.1, 0.15) is 0 Å². The van der Waals surface area contributed by atoms with Gasteiger partial charge in [-0.05, 0) is 29.2 Å². The average molecular weight is 172 g/mol. The lowest BCUT2D eigenvalue weighted by Crippen LogP contribution is -2.33. The summed E-state index contributed by atoms with van der Waals surface area (Å²) in [7, 11) is 0. The summed E-state index contributed by atoms with van der Waals surface area (Å²) < 4.78 is 0. The van der Waals surface area contributed by atoms with Gasteiger partial charge in [0.25, 0.3) is 0 Å². The fourth-order valence-corrected chi connectivity index (χ4v) is 2.26. The molecule has 68 valence electrons. The highest BCUT2D eigenvalue weighted by Gasteiger charge is 2.18. The lowest BCUT2D eigenvalue weighted by molar-refractivity contribution is 0.525. The first-order valence-electron chi connectivity index (χ1n) is 4.86. The van der Waals surface area contributed by atoms with Crippen LogP contribution in [0.1, 0.15) is 27.2 Å². The Morgan fingerprint density at radius 3 is 2.62 bits per heavy atom. The molecule has 1 aliphatic rings. The van der Waals surface area contributed by atoms with Crippen molar-refractivity contribution < 1.29 is 0 Å². The van der Waals surface area contributed by atoms with Crippen LogP contribution in [0.25, 0.3) is 11.6 Å². The molecule has 0 heteroatoms. The molecule has 0 bridgehead atoms. The standard InChI is InChI=1S/C13H16/c1-10-8-13(2,3)9-11-6-4-5-7-12(10)11/h4-7,9H,8H2,1-3H3. The zero-order valence-corrected chi connectivity index (χ0v) is 8.59. The van der Waals surface area contributed by atoms with E-state index < -0.39 is 0 Å². The van der Waals surface area contributed by atoms with Crippen molar-refractivity contribution in [2.45, 2.75) is 27.2 Å². The predicted molar refractivity (Wildman–Crippen MR) is 57.6 cm³/mol. The van der Waals surface area contributed by atoms with Crippen LogP contribution in [0.5, 0.6) is 0 Å². The first-order chi connectivity index (χ1) is 6.08. The minimum Gasteiger partial charge on any atom is -0.0707 e. The molecule has 0 saturated carbocycles. The number of fused-ring (bicyclic) bond motifs is 1. The van der Waals surface area contributed by atoms with Crippen molar-refractivity contribution in [3.8, 4) is 0 Å². The van der Waals surface area contributed by atoms with Crippen molar-refractivity contribution in [1.29, 1.82) is 0 Å². The van der Waals surface area contributed by atoms with Crippen molar-refractivity contribution in [3.63, 3.8) is 0 Å². The van der Waals surface area contributed by atoms with Gasteiger partial charge in [-0.25, -0.2) is 0 Å². The first-order valence-corrected chi connectivity index (χ1v) is 4.86. The molecule has 0 saturated heterocycles. The Labute approximate surface area is 79.6 Å². The number of rotatable bonds is 0. The summed E-state index contributed by atoms with van der Waals surface area (Å²) >= 11 is 0. The van der Waals surface area contributed by atoms with Gasteiger partial charge in [-0.15, -0.1) is 0 Å². The van der Waals surface area contributed by atoms with E-state index in [-0.39, 0.29) is 0 Å². The van der Waals surface area contributed by atoms with Crippen LogP contribution < -0.4 is 10.4 Å². The van der Waals surface area contributed by atoms with Gasteiger partial charge in [0.2, 0.25) is 0 Å². The molecule has 1 aromatic rings. The highest BCUT2D eigenvalue weighted by Crippen LogP contribution is 2.27. The van der Waals surface area contributed by atoms with Crippen molar-refractivity contribution in [2.24, 2.45) is 5.41 Å². The quantitative estimate of drug-likeness (QED) is 0.562. The Morgan fingerprint density at radius 2 is 1.85 bits per heavy atom. The number of benzene rings is 1. The van der Waals surface area contributed by atoms with Crippen molar-refractivity contribution in [3.05, 3.63) is 34.7 Å². The van der Waals surface area contributed by atoms with Crippen molar-refractivity contribution in [2.75, 3.05) is 0 Å². The fourth-order valence-electron chi connectivity index (χ4n) is 2.26.